The number of fused-ring (bicyclic) bond motifs is 1. The van der Waals surface area contributed by atoms with E-state index in [1.807, 2.05) is 16.7 Å². The summed E-state index contributed by atoms with van der Waals surface area (Å²) in [5.41, 5.74) is 2.37. The Balaban J connectivity index is 2.00. The fourth-order valence-electron chi connectivity index (χ4n) is 2.15. The van der Waals surface area contributed by atoms with Crippen LogP contribution in [-0.2, 0) is 19.0 Å². The Bertz CT molecular complexity index is 768. The molecule has 1 aromatic carbocycles. The third kappa shape index (κ3) is 2.24. The molecule has 0 aliphatic rings. The Kier molecular flexibility index (Phi) is 3.35. The van der Waals surface area contributed by atoms with Crippen LogP contribution < -0.4 is 0 Å². The van der Waals surface area contributed by atoms with E-state index in [4.69, 9.17) is 16.9 Å². The number of aryl methyl sites for hydroxylation is 2. The first kappa shape index (κ1) is 12.6. The molecular formula is C13H11ClN6. The van der Waals surface area contributed by atoms with Gasteiger partial charge in [0.2, 0.25) is 0 Å². The average molecular weight is 287 g/mol. The van der Waals surface area contributed by atoms with Crippen molar-refractivity contribution in [1.82, 2.24) is 24.5 Å². The van der Waals surface area contributed by atoms with E-state index in [1.54, 1.807) is 23.1 Å². The van der Waals surface area contributed by atoms with E-state index < -0.39 is 0 Å². The fourth-order valence-corrected chi connectivity index (χ4v) is 2.35. The molecule has 6 nitrogen and oxygen atoms in total. The second-order valence-corrected chi connectivity index (χ2v) is 4.56. The summed E-state index contributed by atoms with van der Waals surface area (Å²) in [5, 5.41) is 16.7. The van der Waals surface area contributed by atoms with Crippen molar-refractivity contribution in [1.29, 1.82) is 5.26 Å². The zero-order valence-electron chi connectivity index (χ0n) is 10.6. The topological polar surface area (TPSA) is 72.3 Å². The van der Waals surface area contributed by atoms with Crippen molar-refractivity contribution >= 4 is 22.6 Å². The van der Waals surface area contributed by atoms with Crippen molar-refractivity contribution in [3.8, 4) is 6.07 Å². The van der Waals surface area contributed by atoms with Gasteiger partial charge < -0.3 is 4.57 Å². The van der Waals surface area contributed by atoms with Gasteiger partial charge in [0.05, 0.1) is 41.3 Å². The second kappa shape index (κ2) is 5.31. The van der Waals surface area contributed by atoms with Gasteiger partial charge in [0.25, 0.3) is 0 Å². The van der Waals surface area contributed by atoms with Crippen LogP contribution in [0, 0.1) is 11.3 Å². The van der Waals surface area contributed by atoms with Gasteiger partial charge >= 0.3 is 0 Å². The molecule has 20 heavy (non-hydrogen) atoms. The molecule has 0 spiro atoms. The van der Waals surface area contributed by atoms with Gasteiger partial charge in [0.15, 0.2) is 0 Å². The molecule has 0 aliphatic heterocycles. The number of hydrogen-bond acceptors (Lipinski definition) is 4. The minimum absolute atomic E-state index is 0.327. The Morgan fingerprint density at radius 3 is 2.90 bits per heavy atom. The molecular weight excluding hydrogens is 276 g/mol. The van der Waals surface area contributed by atoms with Crippen LogP contribution >= 0.6 is 11.6 Å². The molecule has 3 aromatic rings. The van der Waals surface area contributed by atoms with Crippen LogP contribution in [0.2, 0.25) is 0 Å². The highest BCUT2D eigenvalue weighted by Crippen LogP contribution is 2.19. The van der Waals surface area contributed by atoms with E-state index in [0.717, 1.165) is 16.9 Å². The summed E-state index contributed by atoms with van der Waals surface area (Å²) in [6.45, 7) is 1.35. The molecule has 0 saturated carbocycles. The van der Waals surface area contributed by atoms with Gasteiger partial charge in [-0.2, -0.15) is 5.26 Å². The Morgan fingerprint density at radius 2 is 2.20 bits per heavy atom. The molecule has 0 saturated heterocycles. The van der Waals surface area contributed by atoms with Crippen LogP contribution in [0.25, 0.3) is 11.0 Å². The number of halogens is 1. The maximum absolute atomic E-state index is 9.00. The summed E-state index contributed by atoms with van der Waals surface area (Å²) >= 11 is 5.95. The van der Waals surface area contributed by atoms with E-state index in [9.17, 15) is 0 Å². The first-order valence-electron chi connectivity index (χ1n) is 6.11. The normalized spacial score (nSPS) is 10.8. The number of benzene rings is 1. The van der Waals surface area contributed by atoms with Gasteiger partial charge in [-0.25, -0.2) is 4.98 Å². The van der Waals surface area contributed by atoms with Gasteiger partial charge in [-0.1, -0.05) is 5.21 Å². The van der Waals surface area contributed by atoms with Crippen molar-refractivity contribution in [3.63, 3.8) is 0 Å². The van der Waals surface area contributed by atoms with Crippen LogP contribution in [0.15, 0.2) is 30.6 Å². The summed E-state index contributed by atoms with van der Waals surface area (Å²) in [6, 6.07) is 7.58. The smallest absolute Gasteiger partial charge is 0.124 e. The second-order valence-electron chi connectivity index (χ2n) is 4.29. The van der Waals surface area contributed by atoms with Crippen LogP contribution in [0.4, 0.5) is 0 Å². The summed E-state index contributed by atoms with van der Waals surface area (Å²) in [5.74, 6) is 1.12. The number of nitrogens with zero attached hydrogens (tertiary/aromatic N) is 6. The van der Waals surface area contributed by atoms with Crippen molar-refractivity contribution < 1.29 is 0 Å². The van der Waals surface area contributed by atoms with Gasteiger partial charge in [0.1, 0.15) is 5.82 Å². The van der Waals surface area contributed by atoms with Gasteiger partial charge in [0, 0.05) is 12.7 Å². The zero-order valence-corrected chi connectivity index (χ0v) is 11.3. The molecule has 0 radical (unpaired) electrons. The number of hydrogen-bond donors (Lipinski definition) is 0. The lowest BCUT2D eigenvalue weighted by molar-refractivity contribution is 0.519. The number of nitriles is 1. The van der Waals surface area contributed by atoms with Crippen LogP contribution in [0.1, 0.15) is 11.4 Å². The number of aromatic nitrogens is 5. The van der Waals surface area contributed by atoms with Gasteiger partial charge in [-0.3, -0.25) is 4.68 Å². The molecule has 7 heteroatoms. The standard InChI is InChI=1S/C13H11ClN6/c14-8-13-17-11-2-1-10(9-15)7-12(11)20(13)6-5-19-4-3-16-18-19/h1-4,7H,5-6,8H2. The maximum Gasteiger partial charge on any atom is 0.124 e. The first-order valence-corrected chi connectivity index (χ1v) is 6.64. The predicted molar refractivity (Wildman–Crippen MR) is 74.0 cm³/mol. The van der Waals surface area contributed by atoms with E-state index in [1.165, 1.54) is 0 Å². The summed E-state index contributed by atoms with van der Waals surface area (Å²) in [6.07, 6.45) is 3.45. The molecule has 0 amide bonds. The highest BCUT2D eigenvalue weighted by Gasteiger charge is 2.10. The Morgan fingerprint density at radius 1 is 1.30 bits per heavy atom. The Hall–Kier alpha value is -2.39. The molecule has 2 heterocycles. The lowest BCUT2D eigenvalue weighted by Gasteiger charge is -2.07. The van der Waals surface area contributed by atoms with Gasteiger partial charge in [-0.15, -0.1) is 16.7 Å². The van der Waals surface area contributed by atoms with E-state index in [2.05, 4.69) is 21.4 Å². The van der Waals surface area contributed by atoms with Crippen LogP contribution in [-0.4, -0.2) is 24.5 Å². The summed E-state index contributed by atoms with van der Waals surface area (Å²) < 4.78 is 3.77. The zero-order chi connectivity index (χ0) is 13.9. The molecule has 0 fully saturated rings. The lowest BCUT2D eigenvalue weighted by Crippen LogP contribution is -2.10. The summed E-state index contributed by atoms with van der Waals surface area (Å²) in [7, 11) is 0. The van der Waals surface area contributed by atoms with Crippen molar-refractivity contribution in [2.45, 2.75) is 19.0 Å². The third-order valence-corrected chi connectivity index (χ3v) is 3.34. The molecule has 3 rings (SSSR count). The van der Waals surface area contributed by atoms with Crippen molar-refractivity contribution in [2.75, 3.05) is 0 Å². The summed E-state index contributed by atoms with van der Waals surface area (Å²) in [4.78, 5) is 4.48. The van der Waals surface area contributed by atoms with Gasteiger partial charge in [-0.05, 0) is 18.2 Å². The van der Waals surface area contributed by atoms with Crippen molar-refractivity contribution in [3.05, 3.63) is 42.0 Å². The minimum Gasteiger partial charge on any atom is -0.325 e. The quantitative estimate of drug-likeness (QED) is 0.687. The molecule has 100 valence electrons. The average Bonchev–Trinajstić information content (AvgIpc) is 3.11. The fraction of sp³-hybridized carbons (Fsp3) is 0.231. The third-order valence-electron chi connectivity index (χ3n) is 3.10. The molecule has 0 aliphatic carbocycles. The molecule has 0 bridgehead atoms. The Labute approximate surface area is 120 Å². The molecule has 0 unspecified atom stereocenters. The molecule has 0 N–H and O–H groups in total. The van der Waals surface area contributed by atoms with Crippen LogP contribution in [0.5, 0.6) is 0 Å². The number of alkyl halides is 1. The first-order chi connectivity index (χ1) is 9.81. The van der Waals surface area contributed by atoms with Crippen molar-refractivity contribution in [2.24, 2.45) is 0 Å². The highest BCUT2D eigenvalue weighted by molar-refractivity contribution is 6.16. The monoisotopic (exact) mass is 286 g/mol. The number of imidazole rings is 1. The highest BCUT2D eigenvalue weighted by atomic mass is 35.5. The van der Waals surface area contributed by atoms with E-state index >= 15 is 0 Å². The molecule has 0 atom stereocenters. The largest absolute Gasteiger partial charge is 0.325 e. The lowest BCUT2D eigenvalue weighted by atomic mass is 10.2. The minimum atomic E-state index is 0.327. The number of rotatable bonds is 4. The van der Waals surface area contributed by atoms with Crippen LogP contribution in [0.3, 0.4) is 0 Å². The van der Waals surface area contributed by atoms with E-state index in [-0.39, 0.29) is 0 Å². The predicted octanol–water partition coefficient (Wildman–Crippen LogP) is 1.94. The maximum atomic E-state index is 9.00. The van der Waals surface area contributed by atoms with E-state index in [0.29, 0.717) is 24.5 Å². The molecule has 2 aromatic heterocycles. The SMILES string of the molecule is N#Cc1ccc2nc(CCl)n(CCn3ccnn3)c2c1.